The average molecular weight is 348 g/mol. The van der Waals surface area contributed by atoms with E-state index in [0.29, 0.717) is 12.1 Å². The maximum atomic E-state index is 12.4. The molecule has 0 radical (unpaired) electrons. The number of fused-ring (bicyclic) bond motifs is 1. The van der Waals surface area contributed by atoms with Crippen LogP contribution in [-0.4, -0.2) is 35.1 Å². The van der Waals surface area contributed by atoms with Gasteiger partial charge in [0.05, 0.1) is 34.8 Å². The Morgan fingerprint density at radius 2 is 2.15 bits per heavy atom. The molecule has 1 aliphatic rings. The fourth-order valence-corrected chi connectivity index (χ4v) is 3.11. The molecule has 3 heterocycles. The van der Waals surface area contributed by atoms with Crippen LogP contribution in [0, 0.1) is 0 Å². The number of amides is 1. The Morgan fingerprint density at radius 1 is 1.23 bits per heavy atom. The molecule has 1 atom stereocenters. The van der Waals surface area contributed by atoms with Gasteiger partial charge in [-0.3, -0.25) is 14.8 Å². The van der Waals surface area contributed by atoms with Crippen molar-refractivity contribution in [3.05, 3.63) is 60.6 Å². The monoisotopic (exact) mass is 348 g/mol. The quantitative estimate of drug-likeness (QED) is 0.740. The Bertz CT molecular complexity index is 917. The molecule has 1 aliphatic heterocycles. The number of hydrogen-bond acceptors (Lipinski definition) is 5. The maximum absolute atomic E-state index is 12.4. The maximum Gasteiger partial charge on any atom is 0.253 e. The number of hydrogen-bond donors (Lipinski definition) is 2. The standard InChI is InChI=1S/C20H20N4O2/c25-20(23-13-17-6-3-9-26-17)15-10-16(12-21-11-15)24-18-7-1-4-14-5-2-8-22-19(14)18/h1-2,4-5,7-8,10-12,17,24H,3,6,9,13H2,(H,23,25). The number of carbonyl (C=O) groups excluding carboxylic acids is 1. The van der Waals surface area contributed by atoms with Gasteiger partial charge in [0.2, 0.25) is 0 Å². The minimum atomic E-state index is -0.146. The van der Waals surface area contributed by atoms with E-state index in [1.807, 2.05) is 30.3 Å². The average Bonchev–Trinajstić information content (AvgIpc) is 3.20. The highest BCUT2D eigenvalue weighted by Gasteiger charge is 2.17. The highest BCUT2D eigenvalue weighted by atomic mass is 16.5. The first-order chi connectivity index (χ1) is 12.8. The third-order valence-electron chi connectivity index (χ3n) is 4.43. The summed E-state index contributed by atoms with van der Waals surface area (Å²) >= 11 is 0. The van der Waals surface area contributed by atoms with Crippen molar-refractivity contribution >= 4 is 28.2 Å². The molecule has 132 valence electrons. The largest absolute Gasteiger partial charge is 0.376 e. The van der Waals surface area contributed by atoms with Crippen LogP contribution < -0.4 is 10.6 Å². The van der Waals surface area contributed by atoms with E-state index in [1.54, 1.807) is 24.7 Å². The van der Waals surface area contributed by atoms with Crippen LogP contribution in [0.4, 0.5) is 11.4 Å². The number of nitrogens with one attached hydrogen (secondary N) is 2. The third-order valence-corrected chi connectivity index (χ3v) is 4.43. The van der Waals surface area contributed by atoms with Crippen molar-refractivity contribution in [3.63, 3.8) is 0 Å². The number of pyridine rings is 2. The fraction of sp³-hybridized carbons (Fsp3) is 0.250. The Morgan fingerprint density at radius 3 is 3.04 bits per heavy atom. The van der Waals surface area contributed by atoms with Crippen LogP contribution in [0.3, 0.4) is 0 Å². The van der Waals surface area contributed by atoms with Gasteiger partial charge < -0.3 is 15.4 Å². The number of aromatic nitrogens is 2. The zero-order valence-electron chi connectivity index (χ0n) is 14.3. The summed E-state index contributed by atoms with van der Waals surface area (Å²) < 4.78 is 5.53. The van der Waals surface area contributed by atoms with Crippen LogP contribution in [0.25, 0.3) is 10.9 Å². The van der Waals surface area contributed by atoms with Crippen molar-refractivity contribution in [1.29, 1.82) is 0 Å². The van der Waals surface area contributed by atoms with Crippen LogP contribution in [0.1, 0.15) is 23.2 Å². The number of nitrogens with zero attached hydrogens (tertiary/aromatic N) is 2. The molecule has 2 N–H and O–H groups in total. The molecule has 1 fully saturated rings. The van der Waals surface area contributed by atoms with Gasteiger partial charge in [-0.2, -0.15) is 0 Å². The Balaban J connectivity index is 1.49. The number of benzene rings is 1. The number of anilines is 2. The van der Waals surface area contributed by atoms with Crippen molar-refractivity contribution in [1.82, 2.24) is 15.3 Å². The summed E-state index contributed by atoms with van der Waals surface area (Å²) in [5.41, 5.74) is 3.01. The summed E-state index contributed by atoms with van der Waals surface area (Å²) in [4.78, 5) is 21.0. The fourth-order valence-electron chi connectivity index (χ4n) is 3.11. The molecule has 1 aromatic carbocycles. The van der Waals surface area contributed by atoms with Gasteiger partial charge in [-0.1, -0.05) is 18.2 Å². The van der Waals surface area contributed by atoms with E-state index in [4.69, 9.17) is 4.74 Å². The molecular weight excluding hydrogens is 328 g/mol. The van der Waals surface area contributed by atoms with Gasteiger partial charge in [-0.25, -0.2) is 0 Å². The molecule has 0 aliphatic carbocycles. The van der Waals surface area contributed by atoms with Gasteiger partial charge in [0.1, 0.15) is 0 Å². The smallest absolute Gasteiger partial charge is 0.253 e. The van der Waals surface area contributed by atoms with Crippen molar-refractivity contribution < 1.29 is 9.53 Å². The minimum Gasteiger partial charge on any atom is -0.376 e. The number of carbonyl (C=O) groups is 1. The number of ether oxygens (including phenoxy) is 1. The van der Waals surface area contributed by atoms with E-state index in [-0.39, 0.29) is 12.0 Å². The normalized spacial score (nSPS) is 16.5. The Labute approximate surface area is 151 Å². The third kappa shape index (κ3) is 3.65. The second-order valence-corrected chi connectivity index (χ2v) is 6.31. The Hall–Kier alpha value is -2.99. The molecular formula is C20H20N4O2. The molecule has 6 heteroatoms. The lowest BCUT2D eigenvalue weighted by Gasteiger charge is -2.12. The van der Waals surface area contributed by atoms with Gasteiger partial charge in [0.25, 0.3) is 5.91 Å². The van der Waals surface area contributed by atoms with E-state index in [1.165, 1.54) is 0 Å². The van der Waals surface area contributed by atoms with Crippen LogP contribution >= 0.6 is 0 Å². The molecule has 0 bridgehead atoms. The van der Waals surface area contributed by atoms with Crippen molar-refractivity contribution in [2.75, 3.05) is 18.5 Å². The van der Waals surface area contributed by atoms with E-state index >= 15 is 0 Å². The van der Waals surface area contributed by atoms with Crippen molar-refractivity contribution in [3.8, 4) is 0 Å². The first-order valence-electron chi connectivity index (χ1n) is 8.75. The van der Waals surface area contributed by atoms with E-state index in [9.17, 15) is 4.79 Å². The SMILES string of the molecule is O=C(NCC1CCCO1)c1cncc(Nc2cccc3cccnc23)c1. The van der Waals surface area contributed by atoms with Crippen molar-refractivity contribution in [2.45, 2.75) is 18.9 Å². The van der Waals surface area contributed by atoms with Crippen LogP contribution in [0.5, 0.6) is 0 Å². The van der Waals surface area contributed by atoms with Crippen LogP contribution in [-0.2, 0) is 4.74 Å². The Kier molecular flexibility index (Phi) is 4.75. The second kappa shape index (κ2) is 7.49. The van der Waals surface area contributed by atoms with Gasteiger partial charge >= 0.3 is 0 Å². The second-order valence-electron chi connectivity index (χ2n) is 6.31. The zero-order chi connectivity index (χ0) is 17.8. The summed E-state index contributed by atoms with van der Waals surface area (Å²) in [6.07, 6.45) is 7.20. The van der Waals surface area contributed by atoms with Gasteiger partial charge in [-0.05, 0) is 31.0 Å². The van der Waals surface area contributed by atoms with E-state index < -0.39 is 0 Å². The molecule has 26 heavy (non-hydrogen) atoms. The molecule has 0 saturated carbocycles. The summed E-state index contributed by atoms with van der Waals surface area (Å²) in [7, 11) is 0. The number of para-hydroxylation sites is 1. The lowest BCUT2D eigenvalue weighted by molar-refractivity contribution is 0.0857. The molecule has 0 spiro atoms. The van der Waals surface area contributed by atoms with E-state index in [0.717, 1.165) is 41.7 Å². The van der Waals surface area contributed by atoms with Crippen LogP contribution in [0.15, 0.2) is 55.0 Å². The zero-order valence-corrected chi connectivity index (χ0v) is 14.3. The van der Waals surface area contributed by atoms with Gasteiger partial charge in [0, 0.05) is 30.9 Å². The molecule has 1 saturated heterocycles. The minimum absolute atomic E-state index is 0.120. The van der Waals surface area contributed by atoms with Gasteiger partial charge in [-0.15, -0.1) is 0 Å². The topological polar surface area (TPSA) is 76.1 Å². The van der Waals surface area contributed by atoms with Crippen molar-refractivity contribution in [2.24, 2.45) is 0 Å². The summed E-state index contributed by atoms with van der Waals surface area (Å²) in [5, 5.41) is 7.28. The summed E-state index contributed by atoms with van der Waals surface area (Å²) in [5.74, 6) is -0.146. The predicted molar refractivity (Wildman–Crippen MR) is 101 cm³/mol. The molecule has 1 amide bonds. The lowest BCUT2D eigenvalue weighted by atomic mass is 10.2. The summed E-state index contributed by atoms with van der Waals surface area (Å²) in [6, 6.07) is 11.7. The van der Waals surface area contributed by atoms with Gasteiger partial charge in [0.15, 0.2) is 0 Å². The summed E-state index contributed by atoms with van der Waals surface area (Å²) in [6.45, 7) is 1.31. The molecule has 1 unspecified atom stereocenters. The molecule has 6 nitrogen and oxygen atoms in total. The van der Waals surface area contributed by atoms with E-state index in [2.05, 4.69) is 20.6 Å². The molecule has 2 aromatic heterocycles. The molecule has 3 aromatic rings. The lowest BCUT2D eigenvalue weighted by Crippen LogP contribution is -2.31. The first kappa shape index (κ1) is 16.5. The first-order valence-corrected chi connectivity index (χ1v) is 8.75. The highest BCUT2D eigenvalue weighted by molar-refractivity contribution is 5.96. The number of rotatable bonds is 5. The van der Waals surface area contributed by atoms with Crippen LogP contribution in [0.2, 0.25) is 0 Å². The predicted octanol–water partition coefficient (Wildman–Crippen LogP) is 3.28. The highest BCUT2D eigenvalue weighted by Crippen LogP contribution is 2.24. The molecule has 4 rings (SSSR count).